The van der Waals surface area contributed by atoms with E-state index in [4.69, 9.17) is 4.52 Å². The lowest BCUT2D eigenvalue weighted by Crippen LogP contribution is -2.37. The van der Waals surface area contributed by atoms with Gasteiger partial charge in [0.2, 0.25) is 23.5 Å². The number of rotatable bonds is 7. The average molecular weight is 411 g/mol. The summed E-state index contributed by atoms with van der Waals surface area (Å²) in [4.78, 5) is 35.9. The first-order valence-electron chi connectivity index (χ1n) is 9.52. The molecule has 0 spiro atoms. The van der Waals surface area contributed by atoms with Gasteiger partial charge in [0.25, 0.3) is 0 Å². The van der Waals surface area contributed by atoms with Gasteiger partial charge in [0.1, 0.15) is 0 Å². The first-order valence-corrected chi connectivity index (χ1v) is 10.4. The van der Waals surface area contributed by atoms with Gasteiger partial charge in [-0.05, 0) is 35.6 Å². The number of pyridine rings is 1. The van der Waals surface area contributed by atoms with E-state index in [1.54, 1.807) is 29.8 Å². The lowest BCUT2D eigenvalue weighted by Gasteiger charge is -2.27. The highest BCUT2D eigenvalue weighted by atomic mass is 32.1. The Bertz CT molecular complexity index is 985. The summed E-state index contributed by atoms with van der Waals surface area (Å²) in [5.74, 6) is 0.780. The van der Waals surface area contributed by atoms with Crippen molar-refractivity contribution >= 4 is 23.2 Å². The van der Waals surface area contributed by atoms with E-state index in [1.165, 1.54) is 10.4 Å². The van der Waals surface area contributed by atoms with Gasteiger partial charge in [0, 0.05) is 61.7 Å². The minimum Gasteiger partial charge on any atom is -0.356 e. The Morgan fingerprint density at radius 2 is 2.21 bits per heavy atom. The van der Waals surface area contributed by atoms with Crippen LogP contribution >= 0.6 is 11.3 Å². The number of hydrogen-bond donors (Lipinski definition) is 1. The molecule has 8 nitrogen and oxygen atoms in total. The quantitative estimate of drug-likeness (QED) is 0.640. The molecule has 0 bridgehead atoms. The van der Waals surface area contributed by atoms with Crippen molar-refractivity contribution in [2.45, 2.75) is 32.2 Å². The van der Waals surface area contributed by atoms with E-state index in [-0.39, 0.29) is 18.2 Å². The molecule has 2 amide bonds. The van der Waals surface area contributed by atoms with Crippen LogP contribution < -0.4 is 5.32 Å². The molecule has 0 radical (unpaired) electrons. The van der Waals surface area contributed by atoms with E-state index in [1.807, 2.05) is 11.0 Å². The van der Waals surface area contributed by atoms with E-state index in [2.05, 4.69) is 31.9 Å². The number of thiophene rings is 1. The summed E-state index contributed by atoms with van der Waals surface area (Å²) in [5.41, 5.74) is 2.00. The summed E-state index contributed by atoms with van der Waals surface area (Å²) in [6.07, 6.45) is 5.11. The summed E-state index contributed by atoms with van der Waals surface area (Å²) in [6, 6.07) is 5.72. The third-order valence-corrected chi connectivity index (χ3v) is 5.80. The Labute approximate surface area is 172 Å². The maximum atomic E-state index is 12.4. The van der Waals surface area contributed by atoms with E-state index in [0.717, 1.165) is 18.5 Å². The molecule has 150 valence electrons. The molecule has 0 saturated heterocycles. The second-order valence-electron chi connectivity index (χ2n) is 6.79. The lowest BCUT2D eigenvalue weighted by atomic mass is 10.1. The van der Waals surface area contributed by atoms with Gasteiger partial charge in [-0.1, -0.05) is 5.16 Å². The van der Waals surface area contributed by atoms with Crippen LogP contribution in [0.25, 0.3) is 11.4 Å². The second kappa shape index (κ2) is 8.95. The van der Waals surface area contributed by atoms with Crippen LogP contribution in [0, 0.1) is 0 Å². The van der Waals surface area contributed by atoms with Crippen molar-refractivity contribution in [3.05, 3.63) is 52.3 Å². The Hall–Kier alpha value is -3.07. The van der Waals surface area contributed by atoms with Crippen molar-refractivity contribution in [3.63, 3.8) is 0 Å². The normalized spacial score (nSPS) is 13.2. The maximum Gasteiger partial charge on any atom is 0.227 e. The van der Waals surface area contributed by atoms with Crippen LogP contribution in [0.3, 0.4) is 0 Å². The van der Waals surface area contributed by atoms with Gasteiger partial charge in [0.15, 0.2) is 0 Å². The number of nitrogens with zero attached hydrogens (tertiary/aromatic N) is 4. The molecule has 0 unspecified atom stereocenters. The van der Waals surface area contributed by atoms with Crippen LogP contribution in [0.15, 0.2) is 40.5 Å². The van der Waals surface area contributed by atoms with Crippen molar-refractivity contribution < 1.29 is 14.1 Å². The molecule has 4 rings (SSSR count). The summed E-state index contributed by atoms with van der Waals surface area (Å²) < 4.78 is 5.18. The summed E-state index contributed by atoms with van der Waals surface area (Å²) in [7, 11) is 0. The smallest absolute Gasteiger partial charge is 0.227 e. The van der Waals surface area contributed by atoms with Gasteiger partial charge >= 0.3 is 0 Å². The molecule has 0 fully saturated rings. The molecule has 1 N–H and O–H groups in total. The van der Waals surface area contributed by atoms with Gasteiger partial charge in [-0.15, -0.1) is 11.3 Å². The lowest BCUT2D eigenvalue weighted by molar-refractivity contribution is -0.132. The molecule has 0 aromatic carbocycles. The van der Waals surface area contributed by atoms with Gasteiger partial charge < -0.3 is 14.7 Å². The minimum atomic E-state index is -0.141. The summed E-state index contributed by atoms with van der Waals surface area (Å²) in [5, 5.41) is 8.77. The Balaban J connectivity index is 1.17. The Kier molecular flexibility index (Phi) is 5.95. The van der Waals surface area contributed by atoms with Gasteiger partial charge in [-0.2, -0.15) is 4.98 Å². The van der Waals surface area contributed by atoms with E-state index in [0.29, 0.717) is 37.6 Å². The zero-order valence-corrected chi connectivity index (χ0v) is 16.7. The first kappa shape index (κ1) is 19.3. The maximum absolute atomic E-state index is 12.4. The SMILES string of the molecule is O=C(CCc1nc(-c2cccnc2)no1)NCCC(=O)N1CCc2sccc2C1. The molecule has 1 aliphatic rings. The fraction of sp³-hybridized carbons (Fsp3) is 0.350. The van der Waals surface area contributed by atoms with Crippen molar-refractivity contribution in [2.75, 3.05) is 13.1 Å². The minimum absolute atomic E-state index is 0.0696. The third-order valence-electron chi connectivity index (χ3n) is 4.78. The molecule has 0 saturated carbocycles. The highest BCUT2D eigenvalue weighted by Gasteiger charge is 2.21. The number of nitrogens with one attached hydrogen (secondary N) is 1. The molecule has 3 aromatic rings. The molecular formula is C20H21N5O3S. The van der Waals surface area contributed by atoms with Crippen molar-refractivity contribution in [3.8, 4) is 11.4 Å². The monoisotopic (exact) mass is 411 g/mol. The topological polar surface area (TPSA) is 101 Å². The molecule has 0 aliphatic carbocycles. The van der Waals surface area contributed by atoms with Crippen molar-refractivity contribution in [1.82, 2.24) is 25.3 Å². The number of amides is 2. The summed E-state index contributed by atoms with van der Waals surface area (Å²) in [6.45, 7) is 1.74. The van der Waals surface area contributed by atoms with E-state index < -0.39 is 0 Å². The van der Waals surface area contributed by atoms with Crippen LogP contribution in [-0.2, 0) is 29.0 Å². The number of carbonyl (C=O) groups is 2. The molecule has 3 aromatic heterocycles. The molecule has 29 heavy (non-hydrogen) atoms. The zero-order chi connectivity index (χ0) is 20.1. The molecular weight excluding hydrogens is 390 g/mol. The van der Waals surface area contributed by atoms with Crippen LogP contribution in [-0.4, -0.2) is 44.9 Å². The van der Waals surface area contributed by atoms with Crippen LogP contribution in [0.2, 0.25) is 0 Å². The predicted molar refractivity (Wildman–Crippen MR) is 107 cm³/mol. The summed E-state index contributed by atoms with van der Waals surface area (Å²) >= 11 is 1.75. The zero-order valence-electron chi connectivity index (χ0n) is 15.8. The first-order chi connectivity index (χ1) is 14.2. The fourth-order valence-electron chi connectivity index (χ4n) is 3.21. The number of aromatic nitrogens is 3. The fourth-order valence-corrected chi connectivity index (χ4v) is 4.10. The second-order valence-corrected chi connectivity index (χ2v) is 7.79. The predicted octanol–water partition coefficient (Wildman–Crippen LogP) is 2.22. The average Bonchev–Trinajstić information content (AvgIpc) is 3.41. The standard InChI is InChI=1S/C20H21N5O3S/c26-17(3-4-18-23-20(24-28-18)14-2-1-8-21-12-14)22-9-5-19(27)25-10-6-16-15(13-25)7-11-29-16/h1-2,7-8,11-12H,3-6,9-10,13H2,(H,22,26). The molecule has 0 atom stereocenters. The highest BCUT2D eigenvalue weighted by Crippen LogP contribution is 2.24. The van der Waals surface area contributed by atoms with Crippen molar-refractivity contribution in [2.24, 2.45) is 0 Å². The largest absolute Gasteiger partial charge is 0.356 e. The molecule has 9 heteroatoms. The van der Waals surface area contributed by atoms with Crippen LogP contribution in [0.5, 0.6) is 0 Å². The van der Waals surface area contributed by atoms with E-state index in [9.17, 15) is 9.59 Å². The Morgan fingerprint density at radius 3 is 3.07 bits per heavy atom. The van der Waals surface area contributed by atoms with Crippen LogP contribution in [0.1, 0.15) is 29.2 Å². The van der Waals surface area contributed by atoms with Gasteiger partial charge in [0.05, 0.1) is 0 Å². The Morgan fingerprint density at radius 1 is 1.28 bits per heavy atom. The van der Waals surface area contributed by atoms with E-state index >= 15 is 0 Å². The number of hydrogen-bond acceptors (Lipinski definition) is 7. The van der Waals surface area contributed by atoms with Crippen molar-refractivity contribution in [1.29, 1.82) is 0 Å². The number of fused-ring (bicyclic) bond motifs is 1. The third kappa shape index (κ3) is 4.86. The molecule has 4 heterocycles. The highest BCUT2D eigenvalue weighted by molar-refractivity contribution is 7.10. The van der Waals surface area contributed by atoms with Gasteiger partial charge in [-0.3, -0.25) is 14.6 Å². The number of carbonyl (C=O) groups excluding carboxylic acids is 2. The van der Waals surface area contributed by atoms with Gasteiger partial charge in [-0.25, -0.2) is 0 Å². The van der Waals surface area contributed by atoms with Crippen LogP contribution in [0.4, 0.5) is 0 Å². The number of aryl methyl sites for hydroxylation is 1. The molecule has 1 aliphatic heterocycles.